The molecule has 0 atom stereocenters. The molecular formula is C57H49NO. The Morgan fingerprint density at radius 3 is 1.78 bits per heavy atom. The van der Waals surface area contributed by atoms with Crippen molar-refractivity contribution in [3.63, 3.8) is 0 Å². The van der Waals surface area contributed by atoms with Crippen LogP contribution in [0.4, 0.5) is 17.1 Å². The van der Waals surface area contributed by atoms with Crippen molar-refractivity contribution in [2.24, 2.45) is 0 Å². The van der Waals surface area contributed by atoms with Crippen LogP contribution in [0.25, 0.3) is 66.1 Å². The lowest BCUT2D eigenvalue weighted by atomic mass is 9.63. The summed E-state index contributed by atoms with van der Waals surface area (Å²) in [7, 11) is 0. The molecule has 0 bridgehead atoms. The van der Waals surface area contributed by atoms with Crippen LogP contribution in [0.5, 0.6) is 0 Å². The third kappa shape index (κ3) is 5.46. The van der Waals surface area contributed by atoms with Crippen LogP contribution in [0.2, 0.25) is 0 Å². The topological polar surface area (TPSA) is 16.4 Å². The Morgan fingerprint density at radius 2 is 1.00 bits per heavy atom. The van der Waals surface area contributed by atoms with Crippen LogP contribution in [0.3, 0.4) is 0 Å². The number of furan rings is 1. The van der Waals surface area contributed by atoms with E-state index in [0.717, 1.165) is 33.8 Å². The number of fused-ring (bicyclic) bond motifs is 8. The van der Waals surface area contributed by atoms with Crippen molar-refractivity contribution in [3.05, 3.63) is 186 Å². The van der Waals surface area contributed by atoms with Gasteiger partial charge in [-0.3, -0.25) is 0 Å². The molecule has 2 aliphatic carbocycles. The molecule has 2 heteroatoms. The average molecular weight is 764 g/mol. The number of nitrogens with zero attached hydrogens (tertiary/aromatic N) is 1. The van der Waals surface area contributed by atoms with E-state index in [9.17, 15) is 0 Å². The number of hydrogen-bond donors (Lipinski definition) is 0. The number of hydrogen-bond acceptors (Lipinski definition) is 2. The maximum atomic E-state index is 6.96. The van der Waals surface area contributed by atoms with Gasteiger partial charge in [0.15, 0.2) is 0 Å². The molecule has 8 aromatic carbocycles. The Bertz CT molecular complexity index is 3120. The van der Waals surface area contributed by atoms with E-state index in [0.29, 0.717) is 0 Å². The first-order chi connectivity index (χ1) is 28.5. The maximum absolute atomic E-state index is 6.96. The van der Waals surface area contributed by atoms with E-state index >= 15 is 0 Å². The van der Waals surface area contributed by atoms with E-state index < -0.39 is 0 Å². The molecular weight excluding hydrogens is 715 g/mol. The Kier molecular flexibility index (Phi) is 7.76. The molecule has 0 saturated carbocycles. The second-order valence-electron chi connectivity index (χ2n) is 18.8. The lowest BCUT2D eigenvalue weighted by Gasteiger charge is -2.41. The quantitative estimate of drug-likeness (QED) is 0.174. The van der Waals surface area contributed by atoms with Gasteiger partial charge in [0.05, 0.1) is 5.69 Å². The van der Waals surface area contributed by atoms with Crippen LogP contribution in [-0.2, 0) is 16.2 Å². The molecule has 1 heterocycles. The molecule has 288 valence electrons. The molecule has 0 N–H and O–H groups in total. The van der Waals surface area contributed by atoms with Crippen molar-refractivity contribution in [2.45, 2.75) is 70.6 Å². The highest BCUT2D eigenvalue weighted by atomic mass is 16.3. The molecule has 0 aliphatic heterocycles. The summed E-state index contributed by atoms with van der Waals surface area (Å²) in [6, 6.07) is 60.7. The minimum Gasteiger partial charge on any atom is -0.455 e. The maximum Gasteiger partial charge on any atom is 0.143 e. The van der Waals surface area contributed by atoms with E-state index in [-0.39, 0.29) is 16.2 Å². The highest BCUT2D eigenvalue weighted by molar-refractivity contribution is 6.14. The second kappa shape index (κ2) is 12.8. The van der Waals surface area contributed by atoms with E-state index in [4.69, 9.17) is 4.42 Å². The summed E-state index contributed by atoms with van der Waals surface area (Å²) >= 11 is 0. The van der Waals surface area contributed by atoms with Crippen LogP contribution in [0.15, 0.2) is 168 Å². The molecule has 0 saturated heterocycles. The lowest BCUT2D eigenvalue weighted by Crippen LogP contribution is -2.33. The summed E-state index contributed by atoms with van der Waals surface area (Å²) in [5.41, 5.74) is 18.4. The van der Waals surface area contributed by atoms with Crippen molar-refractivity contribution < 1.29 is 4.42 Å². The molecule has 59 heavy (non-hydrogen) atoms. The fraction of sp³-hybridized carbons (Fsp3) is 0.193. The van der Waals surface area contributed by atoms with Crippen LogP contribution < -0.4 is 4.90 Å². The Hall–Kier alpha value is -6.38. The predicted octanol–water partition coefficient (Wildman–Crippen LogP) is 16.2. The van der Waals surface area contributed by atoms with Crippen LogP contribution in [-0.4, -0.2) is 0 Å². The normalized spacial score (nSPS) is 15.9. The lowest BCUT2D eigenvalue weighted by molar-refractivity contribution is 0.332. The van der Waals surface area contributed by atoms with E-state index in [1.807, 2.05) is 0 Å². The van der Waals surface area contributed by atoms with Crippen molar-refractivity contribution in [3.8, 4) is 33.4 Å². The minimum absolute atomic E-state index is 0.110. The first kappa shape index (κ1) is 35.8. The standard InChI is InChI=1S/C57H49NO/c1-55(2)31-32-56(3,4)51-35-53-47(34-50(51)55)46-22-13-21-45(54(46)59-53)41-18-12-20-44-40(41)19-14-24-52(44)58(38-27-25-37(26-28-38)36-15-8-7-9-16-36)39-29-30-43-42-17-10-11-23-48(42)57(5,6)49(43)33-39/h7-30,33-35H,31-32H2,1-6H3. The highest BCUT2D eigenvalue weighted by Gasteiger charge is 2.38. The summed E-state index contributed by atoms with van der Waals surface area (Å²) in [5, 5.41) is 4.76. The first-order valence-electron chi connectivity index (χ1n) is 21.2. The van der Waals surface area contributed by atoms with Gasteiger partial charge in [0, 0.05) is 38.5 Å². The van der Waals surface area contributed by atoms with Gasteiger partial charge in [-0.1, -0.05) is 163 Å². The minimum atomic E-state index is -0.118. The molecule has 11 rings (SSSR count). The molecule has 9 aromatic rings. The second-order valence-corrected chi connectivity index (χ2v) is 18.8. The van der Waals surface area contributed by atoms with E-state index in [1.165, 1.54) is 84.5 Å². The molecule has 0 unspecified atom stereocenters. The van der Waals surface area contributed by atoms with Gasteiger partial charge in [0.1, 0.15) is 11.2 Å². The van der Waals surface area contributed by atoms with Gasteiger partial charge in [-0.05, 0) is 122 Å². The summed E-state index contributed by atoms with van der Waals surface area (Å²) in [5.74, 6) is 0. The molecule has 0 spiro atoms. The molecule has 2 aliphatic rings. The monoisotopic (exact) mass is 763 g/mol. The van der Waals surface area contributed by atoms with Gasteiger partial charge in [0.2, 0.25) is 0 Å². The summed E-state index contributed by atoms with van der Waals surface area (Å²) in [6.07, 6.45) is 2.36. The smallest absolute Gasteiger partial charge is 0.143 e. The number of benzene rings is 8. The van der Waals surface area contributed by atoms with Crippen molar-refractivity contribution in [1.82, 2.24) is 0 Å². The number of anilines is 3. The Labute approximate surface area is 347 Å². The third-order valence-electron chi connectivity index (χ3n) is 14.0. The fourth-order valence-corrected chi connectivity index (χ4v) is 10.5. The van der Waals surface area contributed by atoms with Gasteiger partial charge in [0.25, 0.3) is 0 Å². The third-order valence-corrected chi connectivity index (χ3v) is 14.0. The average Bonchev–Trinajstić information content (AvgIpc) is 3.74. The Balaban J connectivity index is 1.10. The van der Waals surface area contributed by atoms with Crippen LogP contribution >= 0.6 is 0 Å². The van der Waals surface area contributed by atoms with Gasteiger partial charge < -0.3 is 9.32 Å². The molecule has 0 fully saturated rings. The number of para-hydroxylation sites is 1. The van der Waals surface area contributed by atoms with E-state index in [2.05, 4.69) is 210 Å². The van der Waals surface area contributed by atoms with E-state index in [1.54, 1.807) is 0 Å². The van der Waals surface area contributed by atoms with Gasteiger partial charge >= 0.3 is 0 Å². The Morgan fingerprint density at radius 1 is 0.407 bits per heavy atom. The van der Waals surface area contributed by atoms with Crippen molar-refractivity contribution in [2.75, 3.05) is 4.90 Å². The van der Waals surface area contributed by atoms with Gasteiger partial charge in [-0.25, -0.2) is 0 Å². The molecule has 0 radical (unpaired) electrons. The van der Waals surface area contributed by atoms with Crippen molar-refractivity contribution >= 4 is 49.8 Å². The van der Waals surface area contributed by atoms with Crippen molar-refractivity contribution in [1.29, 1.82) is 0 Å². The zero-order valence-electron chi connectivity index (χ0n) is 34.9. The molecule has 2 nitrogen and oxygen atoms in total. The summed E-state index contributed by atoms with van der Waals surface area (Å²) < 4.78 is 6.96. The van der Waals surface area contributed by atoms with Gasteiger partial charge in [-0.2, -0.15) is 0 Å². The van der Waals surface area contributed by atoms with Crippen LogP contribution in [0, 0.1) is 0 Å². The molecule has 1 aromatic heterocycles. The van der Waals surface area contributed by atoms with Gasteiger partial charge in [-0.15, -0.1) is 0 Å². The first-order valence-corrected chi connectivity index (χ1v) is 21.2. The fourth-order valence-electron chi connectivity index (χ4n) is 10.5. The zero-order valence-corrected chi connectivity index (χ0v) is 34.9. The highest BCUT2D eigenvalue weighted by Crippen LogP contribution is 2.52. The summed E-state index contributed by atoms with van der Waals surface area (Å²) in [4.78, 5) is 2.45. The largest absolute Gasteiger partial charge is 0.455 e. The summed E-state index contributed by atoms with van der Waals surface area (Å²) in [6.45, 7) is 14.3. The molecule has 0 amide bonds. The number of rotatable bonds is 5. The zero-order chi connectivity index (χ0) is 40.3. The predicted molar refractivity (Wildman–Crippen MR) is 250 cm³/mol. The SMILES string of the molecule is CC1(C)CCC(C)(C)c2cc3c(cc21)oc1c(-c2cccc4c(N(c5ccc(-c6ccccc6)cc5)c5ccc6c(c5)C(C)(C)c5ccccc5-6)cccc24)cccc13. The van der Waals surface area contributed by atoms with Crippen LogP contribution in [0.1, 0.15) is 76.6 Å².